The summed E-state index contributed by atoms with van der Waals surface area (Å²) in [7, 11) is 0. The zero-order chi connectivity index (χ0) is 13.6. The SMILES string of the molecule is c1ccc(-c2ccc(NCCN3CCCC3)nn2)cc1. The van der Waals surface area contributed by atoms with Crippen molar-refractivity contribution >= 4 is 5.82 Å². The van der Waals surface area contributed by atoms with Gasteiger partial charge in [-0.2, -0.15) is 0 Å². The van der Waals surface area contributed by atoms with Crippen molar-refractivity contribution in [2.24, 2.45) is 0 Å². The van der Waals surface area contributed by atoms with Gasteiger partial charge < -0.3 is 10.2 Å². The lowest BCUT2D eigenvalue weighted by atomic mass is 10.1. The van der Waals surface area contributed by atoms with Crippen LogP contribution in [0.3, 0.4) is 0 Å². The first-order valence-electron chi connectivity index (χ1n) is 7.27. The normalized spacial score (nSPS) is 15.4. The van der Waals surface area contributed by atoms with Gasteiger partial charge in [0.25, 0.3) is 0 Å². The van der Waals surface area contributed by atoms with Gasteiger partial charge in [-0.05, 0) is 38.1 Å². The van der Waals surface area contributed by atoms with Crippen molar-refractivity contribution in [1.82, 2.24) is 15.1 Å². The van der Waals surface area contributed by atoms with Crippen LogP contribution in [-0.2, 0) is 0 Å². The van der Waals surface area contributed by atoms with Gasteiger partial charge >= 0.3 is 0 Å². The summed E-state index contributed by atoms with van der Waals surface area (Å²) in [5, 5.41) is 11.8. The molecule has 2 aromatic rings. The minimum Gasteiger partial charge on any atom is -0.367 e. The highest BCUT2D eigenvalue weighted by Crippen LogP contribution is 2.16. The molecule has 3 rings (SSSR count). The molecule has 0 bridgehead atoms. The van der Waals surface area contributed by atoms with E-state index in [1.807, 2.05) is 42.5 Å². The smallest absolute Gasteiger partial charge is 0.148 e. The van der Waals surface area contributed by atoms with E-state index in [1.165, 1.54) is 25.9 Å². The maximum Gasteiger partial charge on any atom is 0.148 e. The number of nitrogens with one attached hydrogen (secondary N) is 1. The van der Waals surface area contributed by atoms with E-state index in [4.69, 9.17) is 0 Å². The highest BCUT2D eigenvalue weighted by Gasteiger charge is 2.10. The average molecular weight is 268 g/mol. The predicted molar refractivity (Wildman–Crippen MR) is 81.6 cm³/mol. The van der Waals surface area contributed by atoms with Gasteiger partial charge in [-0.1, -0.05) is 30.3 Å². The number of anilines is 1. The summed E-state index contributed by atoms with van der Waals surface area (Å²) < 4.78 is 0. The van der Waals surface area contributed by atoms with E-state index in [-0.39, 0.29) is 0 Å². The Bertz CT molecular complexity index is 518. The lowest BCUT2D eigenvalue weighted by molar-refractivity contribution is 0.352. The number of aromatic nitrogens is 2. The monoisotopic (exact) mass is 268 g/mol. The Morgan fingerprint density at radius 3 is 2.45 bits per heavy atom. The summed E-state index contributed by atoms with van der Waals surface area (Å²) in [4.78, 5) is 2.48. The van der Waals surface area contributed by atoms with Gasteiger partial charge in [-0.3, -0.25) is 0 Å². The van der Waals surface area contributed by atoms with Crippen LogP contribution in [0.5, 0.6) is 0 Å². The molecule has 1 aliphatic heterocycles. The summed E-state index contributed by atoms with van der Waals surface area (Å²) in [6, 6.07) is 14.1. The minimum absolute atomic E-state index is 0.851. The summed E-state index contributed by atoms with van der Waals surface area (Å²) in [6.07, 6.45) is 2.68. The summed E-state index contributed by atoms with van der Waals surface area (Å²) >= 11 is 0. The summed E-state index contributed by atoms with van der Waals surface area (Å²) in [6.45, 7) is 4.49. The third-order valence-corrected chi connectivity index (χ3v) is 3.67. The van der Waals surface area contributed by atoms with Crippen LogP contribution in [0, 0.1) is 0 Å². The average Bonchev–Trinajstić information content (AvgIpc) is 3.02. The Balaban J connectivity index is 1.53. The maximum atomic E-state index is 4.27. The highest BCUT2D eigenvalue weighted by atomic mass is 15.2. The minimum atomic E-state index is 0.851. The molecule has 0 unspecified atom stereocenters. The molecular weight excluding hydrogens is 248 g/mol. The van der Waals surface area contributed by atoms with Crippen LogP contribution in [0.15, 0.2) is 42.5 Å². The van der Waals surface area contributed by atoms with Gasteiger partial charge in [0.1, 0.15) is 5.82 Å². The molecule has 0 spiro atoms. The van der Waals surface area contributed by atoms with Crippen LogP contribution in [-0.4, -0.2) is 41.3 Å². The number of benzene rings is 1. The van der Waals surface area contributed by atoms with E-state index in [2.05, 4.69) is 20.4 Å². The molecule has 1 N–H and O–H groups in total. The van der Waals surface area contributed by atoms with Crippen molar-refractivity contribution in [2.45, 2.75) is 12.8 Å². The summed E-state index contributed by atoms with van der Waals surface area (Å²) in [5.41, 5.74) is 2.01. The van der Waals surface area contributed by atoms with Gasteiger partial charge in [-0.15, -0.1) is 10.2 Å². The predicted octanol–water partition coefficient (Wildman–Crippen LogP) is 2.65. The summed E-state index contributed by atoms with van der Waals surface area (Å²) in [5.74, 6) is 0.851. The third kappa shape index (κ3) is 3.33. The van der Waals surface area contributed by atoms with Crippen LogP contribution in [0.25, 0.3) is 11.3 Å². The Morgan fingerprint density at radius 1 is 0.950 bits per heavy atom. The Labute approximate surface area is 119 Å². The van der Waals surface area contributed by atoms with E-state index in [9.17, 15) is 0 Å². The van der Waals surface area contributed by atoms with E-state index < -0.39 is 0 Å². The maximum absolute atomic E-state index is 4.27. The molecule has 1 aromatic heterocycles. The molecule has 0 atom stereocenters. The van der Waals surface area contributed by atoms with Gasteiger partial charge in [-0.25, -0.2) is 0 Å². The van der Waals surface area contributed by atoms with Gasteiger partial charge in [0.15, 0.2) is 0 Å². The molecule has 1 aromatic carbocycles. The molecule has 2 heterocycles. The van der Waals surface area contributed by atoms with Gasteiger partial charge in [0.05, 0.1) is 5.69 Å². The van der Waals surface area contributed by atoms with E-state index in [0.717, 1.165) is 30.2 Å². The van der Waals surface area contributed by atoms with Crippen LogP contribution in [0.2, 0.25) is 0 Å². The molecule has 1 saturated heterocycles. The topological polar surface area (TPSA) is 41.0 Å². The first kappa shape index (κ1) is 13.1. The van der Waals surface area contributed by atoms with Crippen molar-refractivity contribution in [3.05, 3.63) is 42.5 Å². The van der Waals surface area contributed by atoms with Crippen molar-refractivity contribution in [3.63, 3.8) is 0 Å². The van der Waals surface area contributed by atoms with Crippen molar-refractivity contribution in [2.75, 3.05) is 31.5 Å². The Hall–Kier alpha value is -1.94. The molecule has 4 nitrogen and oxygen atoms in total. The molecule has 0 saturated carbocycles. The molecule has 1 fully saturated rings. The molecular formula is C16H20N4. The van der Waals surface area contributed by atoms with Gasteiger partial charge in [0.2, 0.25) is 0 Å². The number of likely N-dealkylation sites (tertiary alicyclic amines) is 1. The first-order chi connectivity index (χ1) is 9.92. The van der Waals surface area contributed by atoms with E-state index in [0.29, 0.717) is 0 Å². The lowest BCUT2D eigenvalue weighted by Crippen LogP contribution is -2.26. The number of hydrogen-bond donors (Lipinski definition) is 1. The van der Waals surface area contributed by atoms with Crippen molar-refractivity contribution < 1.29 is 0 Å². The molecule has 4 heteroatoms. The molecule has 104 valence electrons. The van der Waals surface area contributed by atoms with Crippen LogP contribution in [0.4, 0.5) is 5.82 Å². The van der Waals surface area contributed by atoms with Crippen LogP contribution in [0.1, 0.15) is 12.8 Å². The van der Waals surface area contributed by atoms with E-state index in [1.54, 1.807) is 0 Å². The second-order valence-corrected chi connectivity index (χ2v) is 5.15. The standard InChI is InChI=1S/C16H20N4/c1-2-6-14(7-3-1)15-8-9-16(19-18-15)17-10-13-20-11-4-5-12-20/h1-3,6-9H,4-5,10-13H2,(H,17,19). The fraction of sp³-hybridized carbons (Fsp3) is 0.375. The molecule has 0 aliphatic carbocycles. The Morgan fingerprint density at radius 2 is 1.75 bits per heavy atom. The van der Waals surface area contributed by atoms with Crippen LogP contribution >= 0.6 is 0 Å². The second-order valence-electron chi connectivity index (χ2n) is 5.15. The van der Waals surface area contributed by atoms with E-state index >= 15 is 0 Å². The zero-order valence-corrected chi connectivity index (χ0v) is 11.6. The largest absolute Gasteiger partial charge is 0.367 e. The molecule has 20 heavy (non-hydrogen) atoms. The molecule has 0 radical (unpaired) electrons. The Kier molecular flexibility index (Phi) is 4.23. The number of hydrogen-bond acceptors (Lipinski definition) is 4. The molecule has 0 amide bonds. The second kappa shape index (κ2) is 6.48. The fourth-order valence-corrected chi connectivity index (χ4v) is 2.54. The molecule has 1 aliphatic rings. The number of rotatable bonds is 5. The lowest BCUT2D eigenvalue weighted by Gasteiger charge is -2.14. The van der Waals surface area contributed by atoms with Crippen LogP contribution < -0.4 is 5.32 Å². The first-order valence-corrected chi connectivity index (χ1v) is 7.27. The van der Waals surface area contributed by atoms with Crippen molar-refractivity contribution in [1.29, 1.82) is 0 Å². The van der Waals surface area contributed by atoms with Gasteiger partial charge in [0, 0.05) is 18.7 Å². The third-order valence-electron chi connectivity index (χ3n) is 3.67. The van der Waals surface area contributed by atoms with Crippen molar-refractivity contribution in [3.8, 4) is 11.3 Å². The quantitative estimate of drug-likeness (QED) is 0.905. The number of nitrogens with zero attached hydrogens (tertiary/aromatic N) is 3. The zero-order valence-electron chi connectivity index (χ0n) is 11.6. The fourth-order valence-electron chi connectivity index (χ4n) is 2.54. The highest BCUT2D eigenvalue weighted by molar-refractivity contribution is 5.59.